The van der Waals surface area contributed by atoms with Gasteiger partial charge in [-0.25, -0.2) is 0 Å². The Bertz CT molecular complexity index is 734. The topological polar surface area (TPSA) is 80.4 Å². The van der Waals surface area contributed by atoms with Crippen LogP contribution in [0.2, 0.25) is 0 Å². The molecule has 22 heavy (non-hydrogen) atoms. The number of aromatic nitrogens is 3. The molecule has 0 atom stereocenters. The normalized spacial score (nSPS) is 14.0. The lowest BCUT2D eigenvalue weighted by molar-refractivity contribution is -0.133. The van der Waals surface area contributed by atoms with E-state index in [1.807, 2.05) is 10.7 Å². The molecular formula is C15H18N4O3. The van der Waals surface area contributed by atoms with E-state index >= 15 is 0 Å². The van der Waals surface area contributed by atoms with Crippen molar-refractivity contribution in [2.24, 2.45) is 0 Å². The lowest BCUT2D eigenvalue weighted by atomic mass is 10.2. The number of carbonyl (C=O) groups is 1. The Morgan fingerprint density at radius 1 is 1.32 bits per heavy atom. The average Bonchev–Trinajstić information content (AvgIpc) is 2.96. The molecule has 1 amide bonds. The predicted molar refractivity (Wildman–Crippen MR) is 78.9 cm³/mol. The molecule has 7 nitrogen and oxygen atoms in total. The Morgan fingerprint density at radius 2 is 2.18 bits per heavy atom. The average molecular weight is 302 g/mol. The molecule has 7 heteroatoms. The molecule has 0 saturated heterocycles. The van der Waals surface area contributed by atoms with Gasteiger partial charge in [0.05, 0.1) is 31.1 Å². The third-order valence-corrected chi connectivity index (χ3v) is 3.83. The fourth-order valence-corrected chi connectivity index (χ4v) is 2.64. The Kier molecular flexibility index (Phi) is 4.06. The Balaban J connectivity index is 1.62. The zero-order valence-corrected chi connectivity index (χ0v) is 12.2. The summed E-state index contributed by atoms with van der Waals surface area (Å²) in [6.45, 7) is 2.02. The molecule has 1 aliphatic rings. The Hall–Kier alpha value is -2.41. The third-order valence-electron chi connectivity index (χ3n) is 3.83. The van der Waals surface area contributed by atoms with Crippen LogP contribution in [-0.4, -0.2) is 36.8 Å². The molecule has 0 spiro atoms. The van der Waals surface area contributed by atoms with Gasteiger partial charge in [-0.05, 0) is 12.1 Å². The van der Waals surface area contributed by atoms with Gasteiger partial charge in [0.1, 0.15) is 0 Å². The molecule has 116 valence electrons. The van der Waals surface area contributed by atoms with E-state index in [0.29, 0.717) is 38.3 Å². The van der Waals surface area contributed by atoms with Gasteiger partial charge < -0.3 is 14.6 Å². The van der Waals surface area contributed by atoms with E-state index < -0.39 is 0 Å². The first-order chi connectivity index (χ1) is 10.7. The zero-order valence-electron chi connectivity index (χ0n) is 12.2. The molecule has 0 saturated carbocycles. The molecule has 3 heterocycles. The van der Waals surface area contributed by atoms with Gasteiger partial charge in [-0.1, -0.05) is 6.07 Å². The number of aliphatic hydroxyl groups is 1. The number of hydrogen-bond acceptors (Lipinski definition) is 4. The van der Waals surface area contributed by atoms with Gasteiger partial charge in [0.15, 0.2) is 0 Å². The van der Waals surface area contributed by atoms with Crippen LogP contribution in [0.1, 0.15) is 17.8 Å². The maximum atomic E-state index is 12.3. The van der Waals surface area contributed by atoms with Crippen LogP contribution < -0.4 is 5.56 Å². The highest BCUT2D eigenvalue weighted by Gasteiger charge is 2.21. The molecule has 0 bridgehead atoms. The molecule has 0 aromatic carbocycles. The van der Waals surface area contributed by atoms with Crippen LogP contribution in [0.25, 0.3) is 0 Å². The Labute approximate surface area is 127 Å². The second-order valence-electron chi connectivity index (χ2n) is 5.31. The van der Waals surface area contributed by atoms with E-state index in [1.165, 1.54) is 10.6 Å². The van der Waals surface area contributed by atoms with Gasteiger partial charge in [-0.3, -0.25) is 14.3 Å². The van der Waals surface area contributed by atoms with Gasteiger partial charge in [-0.2, -0.15) is 5.10 Å². The highest BCUT2D eigenvalue weighted by molar-refractivity contribution is 5.76. The summed E-state index contributed by atoms with van der Waals surface area (Å²) in [6, 6.07) is 6.77. The number of hydrogen-bond donors (Lipinski definition) is 1. The maximum absolute atomic E-state index is 12.3. The minimum atomic E-state index is -0.0976. The van der Waals surface area contributed by atoms with Crippen molar-refractivity contribution < 1.29 is 9.90 Å². The van der Waals surface area contributed by atoms with Crippen LogP contribution in [0, 0.1) is 0 Å². The number of aliphatic hydroxyl groups excluding tert-OH is 1. The van der Waals surface area contributed by atoms with Crippen LogP contribution in [0.3, 0.4) is 0 Å². The summed E-state index contributed by atoms with van der Waals surface area (Å²) in [6.07, 6.45) is 1.99. The summed E-state index contributed by atoms with van der Waals surface area (Å²) >= 11 is 0. The summed E-state index contributed by atoms with van der Waals surface area (Å²) in [5, 5.41) is 13.4. The SMILES string of the molecule is O=C(CCn1ccccc1=O)N1CCn2nc(CO)cc2C1. The first kappa shape index (κ1) is 14.5. The summed E-state index contributed by atoms with van der Waals surface area (Å²) < 4.78 is 3.37. The lowest BCUT2D eigenvalue weighted by Gasteiger charge is -2.27. The van der Waals surface area contributed by atoms with Gasteiger partial charge >= 0.3 is 0 Å². The van der Waals surface area contributed by atoms with E-state index in [9.17, 15) is 9.59 Å². The van der Waals surface area contributed by atoms with E-state index in [1.54, 1.807) is 23.2 Å². The van der Waals surface area contributed by atoms with Gasteiger partial charge in [-0.15, -0.1) is 0 Å². The number of pyridine rings is 1. The lowest BCUT2D eigenvalue weighted by Crippen LogP contribution is -2.39. The third kappa shape index (κ3) is 2.94. The first-order valence-electron chi connectivity index (χ1n) is 7.27. The molecule has 3 rings (SSSR count). The van der Waals surface area contributed by atoms with Crippen LogP contribution in [0.4, 0.5) is 0 Å². The summed E-state index contributed by atoms with van der Waals surface area (Å²) in [4.78, 5) is 25.7. The second kappa shape index (κ2) is 6.15. The fourth-order valence-electron chi connectivity index (χ4n) is 2.64. The number of aryl methyl sites for hydroxylation is 1. The quantitative estimate of drug-likeness (QED) is 0.860. The predicted octanol–water partition coefficient (Wildman–Crippen LogP) is -0.0304. The highest BCUT2D eigenvalue weighted by Crippen LogP contribution is 2.14. The molecule has 0 radical (unpaired) electrons. The van der Waals surface area contributed by atoms with Crippen molar-refractivity contribution in [3.8, 4) is 0 Å². The molecule has 1 aliphatic heterocycles. The van der Waals surface area contributed by atoms with Crippen molar-refractivity contribution in [1.29, 1.82) is 0 Å². The number of carbonyl (C=O) groups excluding carboxylic acids is 1. The van der Waals surface area contributed by atoms with Crippen molar-refractivity contribution in [2.45, 2.75) is 32.7 Å². The number of rotatable bonds is 4. The van der Waals surface area contributed by atoms with E-state index in [4.69, 9.17) is 5.11 Å². The van der Waals surface area contributed by atoms with Crippen molar-refractivity contribution >= 4 is 5.91 Å². The largest absolute Gasteiger partial charge is 0.390 e. The zero-order chi connectivity index (χ0) is 15.5. The highest BCUT2D eigenvalue weighted by atomic mass is 16.3. The van der Waals surface area contributed by atoms with Crippen molar-refractivity contribution in [2.75, 3.05) is 6.54 Å². The fraction of sp³-hybridized carbons (Fsp3) is 0.400. The summed E-state index contributed by atoms with van der Waals surface area (Å²) in [5.74, 6) is 0.0220. The maximum Gasteiger partial charge on any atom is 0.250 e. The minimum Gasteiger partial charge on any atom is -0.390 e. The number of nitrogens with zero attached hydrogens (tertiary/aromatic N) is 4. The van der Waals surface area contributed by atoms with Gasteiger partial charge in [0.2, 0.25) is 5.91 Å². The smallest absolute Gasteiger partial charge is 0.250 e. The van der Waals surface area contributed by atoms with E-state index in [-0.39, 0.29) is 18.1 Å². The van der Waals surface area contributed by atoms with Gasteiger partial charge in [0.25, 0.3) is 5.56 Å². The molecule has 2 aromatic rings. The van der Waals surface area contributed by atoms with Crippen LogP contribution in [0.5, 0.6) is 0 Å². The number of amides is 1. The van der Waals surface area contributed by atoms with Crippen LogP contribution >= 0.6 is 0 Å². The van der Waals surface area contributed by atoms with E-state index in [2.05, 4.69) is 5.10 Å². The summed E-state index contributed by atoms with van der Waals surface area (Å²) in [7, 11) is 0. The van der Waals surface area contributed by atoms with Crippen molar-refractivity contribution in [1.82, 2.24) is 19.2 Å². The van der Waals surface area contributed by atoms with Crippen molar-refractivity contribution in [3.05, 3.63) is 52.2 Å². The van der Waals surface area contributed by atoms with Gasteiger partial charge in [0, 0.05) is 31.8 Å². The van der Waals surface area contributed by atoms with E-state index in [0.717, 1.165) is 5.69 Å². The second-order valence-corrected chi connectivity index (χ2v) is 5.31. The minimum absolute atomic E-state index is 0.0220. The number of fused-ring (bicyclic) bond motifs is 1. The molecule has 0 aliphatic carbocycles. The molecule has 2 aromatic heterocycles. The molecule has 1 N–H and O–H groups in total. The monoisotopic (exact) mass is 302 g/mol. The molecule has 0 unspecified atom stereocenters. The van der Waals surface area contributed by atoms with Crippen molar-refractivity contribution in [3.63, 3.8) is 0 Å². The van der Waals surface area contributed by atoms with Crippen LogP contribution in [0.15, 0.2) is 35.3 Å². The first-order valence-corrected chi connectivity index (χ1v) is 7.27. The summed E-state index contributed by atoms with van der Waals surface area (Å²) in [5.41, 5.74) is 1.46. The van der Waals surface area contributed by atoms with Crippen LogP contribution in [-0.2, 0) is 31.0 Å². The standard InChI is InChI=1S/C15H18N4O3/c20-11-12-9-13-10-18(7-8-19(13)16-12)15(22)4-6-17-5-2-1-3-14(17)21/h1-3,5,9,20H,4,6-8,10-11H2. The molecular weight excluding hydrogens is 284 g/mol. The molecule has 0 fully saturated rings. The Morgan fingerprint density at radius 3 is 2.95 bits per heavy atom.